The number of carbonyl (C=O) groups excluding carboxylic acids is 1. The molecule has 4 heterocycles. The lowest BCUT2D eigenvalue weighted by Crippen LogP contribution is -2.36. The van der Waals surface area contributed by atoms with Crippen molar-refractivity contribution < 1.29 is 9.53 Å². The van der Waals surface area contributed by atoms with Crippen LogP contribution in [0.15, 0.2) is 54.9 Å². The van der Waals surface area contributed by atoms with E-state index < -0.39 is 0 Å². The second-order valence-electron chi connectivity index (χ2n) is 8.60. The largest absolute Gasteiger partial charge is 0.378 e. The fraction of sp³-hybridized carbons (Fsp3) is 0.269. The second-order valence-corrected chi connectivity index (χ2v) is 8.60. The molecule has 4 aromatic rings. The van der Waals surface area contributed by atoms with Gasteiger partial charge in [-0.2, -0.15) is 0 Å². The lowest BCUT2D eigenvalue weighted by Gasteiger charge is -2.28. The highest BCUT2D eigenvalue weighted by molar-refractivity contribution is 6.00. The number of amides is 1. The molecule has 8 heteroatoms. The van der Waals surface area contributed by atoms with Gasteiger partial charge in [-0.3, -0.25) is 9.20 Å². The van der Waals surface area contributed by atoms with Gasteiger partial charge in [-0.1, -0.05) is 19.1 Å². The molecule has 6 rings (SSSR count). The van der Waals surface area contributed by atoms with Crippen LogP contribution < -0.4 is 15.5 Å². The number of morpholine rings is 1. The van der Waals surface area contributed by atoms with Crippen LogP contribution in [0.2, 0.25) is 0 Å². The van der Waals surface area contributed by atoms with Gasteiger partial charge in [-0.15, -0.1) is 0 Å². The van der Waals surface area contributed by atoms with Crippen LogP contribution in [0.3, 0.4) is 0 Å². The van der Waals surface area contributed by atoms with E-state index in [1.165, 1.54) is 5.69 Å². The average molecular weight is 455 g/mol. The van der Waals surface area contributed by atoms with Gasteiger partial charge >= 0.3 is 0 Å². The molecule has 1 saturated heterocycles. The molecule has 0 saturated carbocycles. The van der Waals surface area contributed by atoms with E-state index in [0.717, 1.165) is 72.3 Å². The minimum absolute atomic E-state index is 0.0313. The summed E-state index contributed by atoms with van der Waals surface area (Å²) in [5.41, 5.74) is 7.74. The van der Waals surface area contributed by atoms with E-state index in [9.17, 15) is 4.79 Å². The van der Waals surface area contributed by atoms with E-state index in [4.69, 9.17) is 9.72 Å². The topological polar surface area (TPSA) is 83.8 Å². The SMILES string of the molecule is CCc1c(-c2ccc3c(c2)NC(=O)C3)nc(Nc2ccc(N3CCOCC3)cc2)c2nccn12. The molecule has 0 unspecified atom stereocenters. The van der Waals surface area contributed by atoms with E-state index in [2.05, 4.69) is 56.1 Å². The molecule has 2 aromatic carbocycles. The van der Waals surface area contributed by atoms with Gasteiger partial charge in [-0.05, 0) is 42.3 Å². The normalized spacial score (nSPS) is 15.4. The maximum atomic E-state index is 11.8. The highest BCUT2D eigenvalue weighted by atomic mass is 16.5. The van der Waals surface area contributed by atoms with Crippen molar-refractivity contribution in [2.45, 2.75) is 19.8 Å². The number of imidazole rings is 1. The first kappa shape index (κ1) is 20.7. The van der Waals surface area contributed by atoms with Crippen LogP contribution in [-0.2, 0) is 22.4 Å². The molecule has 2 aliphatic heterocycles. The third kappa shape index (κ3) is 3.66. The van der Waals surface area contributed by atoms with Crippen molar-refractivity contribution in [2.24, 2.45) is 0 Å². The summed E-state index contributed by atoms with van der Waals surface area (Å²) in [6, 6.07) is 14.5. The number of nitrogens with zero attached hydrogens (tertiary/aromatic N) is 4. The standard InChI is InChI=1S/C26H26N6O2/c1-2-22-24(18-4-3-17-16-23(33)29-21(17)15-18)30-25(26-27-9-10-32(22)26)28-19-5-7-20(8-6-19)31-11-13-34-14-12-31/h3-10,15H,2,11-14,16H2,1H3,(H,28,30)(H,29,33). The van der Waals surface area contributed by atoms with Crippen molar-refractivity contribution in [1.29, 1.82) is 0 Å². The number of aryl methyl sites for hydroxylation is 1. The van der Waals surface area contributed by atoms with E-state index in [-0.39, 0.29) is 5.91 Å². The number of aromatic nitrogens is 3. The van der Waals surface area contributed by atoms with E-state index in [1.54, 1.807) is 6.20 Å². The summed E-state index contributed by atoms with van der Waals surface area (Å²) in [6.45, 7) is 5.46. The predicted molar refractivity (Wildman–Crippen MR) is 133 cm³/mol. The monoisotopic (exact) mass is 454 g/mol. The molecule has 1 amide bonds. The molecule has 0 bridgehead atoms. The molecule has 0 atom stereocenters. The molecular formula is C26H26N6O2. The zero-order valence-electron chi connectivity index (χ0n) is 19.0. The lowest BCUT2D eigenvalue weighted by molar-refractivity contribution is -0.115. The molecule has 2 aliphatic rings. The molecule has 8 nitrogen and oxygen atoms in total. The summed E-state index contributed by atoms with van der Waals surface area (Å²) in [5.74, 6) is 0.727. The Labute approximate surface area is 197 Å². The Morgan fingerprint density at radius 1 is 1.12 bits per heavy atom. The smallest absolute Gasteiger partial charge is 0.228 e. The molecule has 0 radical (unpaired) electrons. The lowest BCUT2D eigenvalue weighted by atomic mass is 10.0. The Bertz CT molecular complexity index is 1370. The van der Waals surface area contributed by atoms with Crippen molar-refractivity contribution in [2.75, 3.05) is 41.8 Å². The van der Waals surface area contributed by atoms with Gasteiger partial charge < -0.3 is 20.3 Å². The molecule has 2 N–H and O–H groups in total. The van der Waals surface area contributed by atoms with Gasteiger partial charge in [0, 0.05) is 48.1 Å². The molecule has 172 valence electrons. The molecule has 0 spiro atoms. The van der Waals surface area contributed by atoms with E-state index in [0.29, 0.717) is 12.2 Å². The number of hydrogen-bond acceptors (Lipinski definition) is 6. The first-order chi connectivity index (χ1) is 16.7. The Kier molecular flexibility index (Phi) is 5.15. The minimum Gasteiger partial charge on any atom is -0.378 e. The van der Waals surface area contributed by atoms with Gasteiger partial charge in [0.2, 0.25) is 5.91 Å². The second kappa shape index (κ2) is 8.46. The number of anilines is 4. The Morgan fingerprint density at radius 3 is 2.74 bits per heavy atom. The third-order valence-corrected chi connectivity index (χ3v) is 6.49. The first-order valence-electron chi connectivity index (χ1n) is 11.7. The number of ether oxygens (including phenoxy) is 1. The fourth-order valence-electron chi connectivity index (χ4n) is 4.77. The maximum absolute atomic E-state index is 11.8. The number of carbonyl (C=O) groups is 1. The summed E-state index contributed by atoms with van der Waals surface area (Å²) in [5, 5.41) is 6.43. The van der Waals surface area contributed by atoms with Crippen molar-refractivity contribution in [3.8, 4) is 11.3 Å². The van der Waals surface area contributed by atoms with Gasteiger partial charge in [0.1, 0.15) is 0 Å². The van der Waals surface area contributed by atoms with Crippen LogP contribution in [0.25, 0.3) is 16.9 Å². The van der Waals surface area contributed by atoms with Crippen molar-refractivity contribution in [3.63, 3.8) is 0 Å². The van der Waals surface area contributed by atoms with Crippen molar-refractivity contribution in [3.05, 3.63) is 66.1 Å². The maximum Gasteiger partial charge on any atom is 0.228 e. The predicted octanol–water partition coefficient (Wildman–Crippen LogP) is 4.03. The van der Waals surface area contributed by atoms with Crippen LogP contribution in [0, 0.1) is 0 Å². The zero-order chi connectivity index (χ0) is 23.1. The number of benzene rings is 2. The first-order valence-corrected chi connectivity index (χ1v) is 11.7. The van der Waals surface area contributed by atoms with Crippen LogP contribution in [0.1, 0.15) is 18.2 Å². The van der Waals surface area contributed by atoms with Crippen molar-refractivity contribution in [1.82, 2.24) is 14.4 Å². The minimum atomic E-state index is 0.0313. The Morgan fingerprint density at radius 2 is 1.94 bits per heavy atom. The summed E-state index contributed by atoms with van der Waals surface area (Å²) in [6.07, 6.45) is 5.00. The quantitative estimate of drug-likeness (QED) is 0.474. The summed E-state index contributed by atoms with van der Waals surface area (Å²) in [7, 11) is 0. The van der Waals surface area contributed by atoms with E-state index >= 15 is 0 Å². The summed E-state index contributed by atoms with van der Waals surface area (Å²) < 4.78 is 7.56. The Hall–Kier alpha value is -3.91. The average Bonchev–Trinajstić information content (AvgIpc) is 3.50. The van der Waals surface area contributed by atoms with E-state index in [1.807, 2.05) is 24.4 Å². The highest BCUT2D eigenvalue weighted by Crippen LogP contribution is 2.33. The number of rotatable bonds is 5. The molecular weight excluding hydrogens is 428 g/mol. The zero-order valence-corrected chi connectivity index (χ0v) is 19.0. The summed E-state index contributed by atoms with van der Waals surface area (Å²) in [4.78, 5) is 23.8. The molecule has 1 fully saturated rings. The van der Waals surface area contributed by atoms with Crippen LogP contribution in [0.4, 0.5) is 22.9 Å². The number of nitrogens with one attached hydrogen (secondary N) is 2. The molecule has 0 aliphatic carbocycles. The molecule has 34 heavy (non-hydrogen) atoms. The molecule has 2 aromatic heterocycles. The van der Waals surface area contributed by atoms with Gasteiger partial charge in [0.05, 0.1) is 31.0 Å². The van der Waals surface area contributed by atoms with Crippen LogP contribution in [-0.4, -0.2) is 46.6 Å². The van der Waals surface area contributed by atoms with Crippen LogP contribution in [0.5, 0.6) is 0 Å². The van der Waals surface area contributed by atoms with Crippen LogP contribution >= 0.6 is 0 Å². The highest BCUT2D eigenvalue weighted by Gasteiger charge is 2.21. The van der Waals surface area contributed by atoms with Gasteiger partial charge in [-0.25, -0.2) is 9.97 Å². The van der Waals surface area contributed by atoms with Crippen molar-refractivity contribution >= 4 is 34.4 Å². The number of hydrogen-bond donors (Lipinski definition) is 2. The third-order valence-electron chi connectivity index (χ3n) is 6.49. The Balaban J connectivity index is 1.37. The van der Waals surface area contributed by atoms with Gasteiger partial charge in [0.15, 0.2) is 11.5 Å². The van der Waals surface area contributed by atoms with Gasteiger partial charge in [0.25, 0.3) is 0 Å². The fourth-order valence-corrected chi connectivity index (χ4v) is 4.77. The number of fused-ring (bicyclic) bond motifs is 2. The summed E-state index contributed by atoms with van der Waals surface area (Å²) >= 11 is 0.